The van der Waals surface area contributed by atoms with E-state index in [1.807, 2.05) is 26.8 Å². The van der Waals surface area contributed by atoms with E-state index in [4.69, 9.17) is 5.73 Å². The van der Waals surface area contributed by atoms with E-state index in [0.29, 0.717) is 0 Å². The van der Waals surface area contributed by atoms with Crippen molar-refractivity contribution in [2.75, 3.05) is 5.73 Å². The molecule has 0 radical (unpaired) electrons. The van der Waals surface area contributed by atoms with Crippen molar-refractivity contribution in [2.24, 2.45) is 0 Å². The minimum absolute atomic E-state index is 0.0627. The number of fused-ring (bicyclic) bond motifs is 1. The molecule has 0 aliphatic rings. The lowest BCUT2D eigenvalue weighted by Crippen LogP contribution is -2.07. The Morgan fingerprint density at radius 3 is 2.47 bits per heavy atom. The summed E-state index contributed by atoms with van der Waals surface area (Å²) in [4.78, 5) is 14.2. The van der Waals surface area contributed by atoms with Crippen LogP contribution in [0.25, 0.3) is 10.9 Å². The maximum absolute atomic E-state index is 11.4. The molecule has 0 atom stereocenters. The first-order valence-electron chi connectivity index (χ1n) is 4.90. The zero-order valence-corrected chi connectivity index (χ0v) is 9.14. The summed E-state index contributed by atoms with van der Waals surface area (Å²) in [6, 6.07) is 3.50. The summed E-state index contributed by atoms with van der Waals surface area (Å²) in [6.07, 6.45) is 0. The van der Waals surface area contributed by atoms with Crippen LogP contribution >= 0.6 is 0 Å². The number of anilines is 1. The van der Waals surface area contributed by atoms with Gasteiger partial charge in [-0.2, -0.15) is 0 Å². The zero-order chi connectivity index (χ0) is 11.2. The molecule has 2 rings (SSSR count). The van der Waals surface area contributed by atoms with Crippen LogP contribution in [0.15, 0.2) is 16.9 Å². The Labute approximate surface area is 87.9 Å². The van der Waals surface area contributed by atoms with Gasteiger partial charge in [0.05, 0.1) is 5.52 Å². The highest BCUT2D eigenvalue weighted by atomic mass is 16.1. The minimum atomic E-state index is -0.0627. The number of aryl methyl sites for hydroxylation is 3. The number of H-pyrrole nitrogens is 1. The van der Waals surface area contributed by atoms with E-state index in [1.165, 1.54) is 0 Å². The normalized spacial score (nSPS) is 10.9. The Balaban J connectivity index is 3.09. The molecule has 3 nitrogen and oxygen atoms in total. The predicted molar refractivity (Wildman–Crippen MR) is 63.2 cm³/mol. The van der Waals surface area contributed by atoms with Gasteiger partial charge < -0.3 is 10.7 Å². The van der Waals surface area contributed by atoms with Crippen molar-refractivity contribution in [3.8, 4) is 0 Å². The third-order valence-electron chi connectivity index (χ3n) is 2.81. The third kappa shape index (κ3) is 1.40. The number of pyridine rings is 1. The Kier molecular flexibility index (Phi) is 2.03. The van der Waals surface area contributed by atoms with Crippen molar-refractivity contribution in [1.29, 1.82) is 0 Å². The fourth-order valence-corrected chi connectivity index (χ4v) is 2.02. The van der Waals surface area contributed by atoms with Gasteiger partial charge in [-0.3, -0.25) is 4.79 Å². The minimum Gasteiger partial charge on any atom is -0.398 e. The van der Waals surface area contributed by atoms with Gasteiger partial charge >= 0.3 is 0 Å². The molecule has 0 fully saturated rings. The summed E-state index contributed by atoms with van der Waals surface area (Å²) in [5.41, 5.74) is 10.5. The van der Waals surface area contributed by atoms with Crippen LogP contribution in [-0.4, -0.2) is 4.98 Å². The van der Waals surface area contributed by atoms with Gasteiger partial charge in [0, 0.05) is 17.1 Å². The molecule has 0 aliphatic heterocycles. The molecule has 78 valence electrons. The molecular weight excluding hydrogens is 188 g/mol. The van der Waals surface area contributed by atoms with Crippen LogP contribution < -0.4 is 11.3 Å². The topological polar surface area (TPSA) is 58.9 Å². The molecule has 0 bridgehead atoms. The lowest BCUT2D eigenvalue weighted by molar-refractivity contribution is 1.25. The van der Waals surface area contributed by atoms with Gasteiger partial charge in [0.15, 0.2) is 0 Å². The maximum Gasteiger partial charge on any atom is 0.248 e. The number of benzene rings is 1. The summed E-state index contributed by atoms with van der Waals surface area (Å²) in [6.45, 7) is 5.86. The number of aromatic amines is 1. The fourth-order valence-electron chi connectivity index (χ4n) is 2.02. The highest BCUT2D eigenvalue weighted by Gasteiger charge is 2.08. The molecule has 1 aromatic carbocycles. The molecule has 0 amide bonds. The van der Waals surface area contributed by atoms with E-state index < -0.39 is 0 Å². The largest absolute Gasteiger partial charge is 0.398 e. The van der Waals surface area contributed by atoms with Crippen LogP contribution in [0, 0.1) is 20.8 Å². The van der Waals surface area contributed by atoms with Gasteiger partial charge in [-0.1, -0.05) is 0 Å². The summed E-state index contributed by atoms with van der Waals surface area (Å²) >= 11 is 0. The van der Waals surface area contributed by atoms with Gasteiger partial charge in [-0.15, -0.1) is 0 Å². The molecule has 3 heteroatoms. The summed E-state index contributed by atoms with van der Waals surface area (Å²) in [5.74, 6) is 0. The number of nitrogens with two attached hydrogens (primary N) is 1. The number of hydrogen-bond donors (Lipinski definition) is 2. The summed E-state index contributed by atoms with van der Waals surface area (Å²) < 4.78 is 0. The number of nitrogens with one attached hydrogen (secondary N) is 1. The summed E-state index contributed by atoms with van der Waals surface area (Å²) in [5, 5.41) is 1.06. The first-order chi connectivity index (χ1) is 7.00. The quantitative estimate of drug-likeness (QED) is 0.642. The van der Waals surface area contributed by atoms with Crippen LogP contribution in [0.4, 0.5) is 5.69 Å². The van der Waals surface area contributed by atoms with Crippen molar-refractivity contribution in [3.63, 3.8) is 0 Å². The highest BCUT2D eigenvalue weighted by molar-refractivity contribution is 5.91. The fraction of sp³-hybridized carbons (Fsp3) is 0.250. The molecule has 0 aliphatic carbocycles. The van der Waals surface area contributed by atoms with E-state index >= 15 is 0 Å². The second kappa shape index (κ2) is 3.12. The molecular formula is C12H14N2O. The van der Waals surface area contributed by atoms with Crippen LogP contribution in [0.5, 0.6) is 0 Å². The lowest BCUT2D eigenvalue weighted by atomic mass is 10.00. The van der Waals surface area contributed by atoms with E-state index in [1.54, 1.807) is 6.07 Å². The van der Waals surface area contributed by atoms with E-state index in [-0.39, 0.29) is 5.56 Å². The molecule has 2 aromatic rings. The smallest absolute Gasteiger partial charge is 0.248 e. The van der Waals surface area contributed by atoms with Gasteiger partial charge in [-0.25, -0.2) is 0 Å². The van der Waals surface area contributed by atoms with Crippen LogP contribution in [0.3, 0.4) is 0 Å². The number of aromatic nitrogens is 1. The van der Waals surface area contributed by atoms with Gasteiger partial charge in [0.2, 0.25) is 5.56 Å². The van der Waals surface area contributed by atoms with E-state index in [0.717, 1.165) is 33.3 Å². The first kappa shape index (κ1) is 9.77. The Morgan fingerprint density at radius 1 is 1.13 bits per heavy atom. The maximum atomic E-state index is 11.4. The number of hydrogen-bond acceptors (Lipinski definition) is 2. The van der Waals surface area contributed by atoms with Crippen molar-refractivity contribution in [1.82, 2.24) is 4.98 Å². The van der Waals surface area contributed by atoms with Crippen LogP contribution in [0.2, 0.25) is 0 Å². The average molecular weight is 202 g/mol. The van der Waals surface area contributed by atoms with Crippen molar-refractivity contribution < 1.29 is 0 Å². The third-order valence-corrected chi connectivity index (χ3v) is 2.81. The number of nitrogen functional groups attached to an aromatic ring is 1. The SMILES string of the molecule is Cc1cc(N)c(C)c2c(C)cc(=O)[nH]c12. The Bertz CT molecular complexity index is 597. The predicted octanol–water partition coefficient (Wildman–Crippen LogP) is 2.04. The Morgan fingerprint density at radius 2 is 1.80 bits per heavy atom. The second-order valence-corrected chi connectivity index (χ2v) is 3.97. The lowest BCUT2D eigenvalue weighted by Gasteiger charge is -2.10. The molecule has 0 saturated heterocycles. The molecule has 0 saturated carbocycles. The van der Waals surface area contributed by atoms with Crippen molar-refractivity contribution in [3.05, 3.63) is 39.2 Å². The van der Waals surface area contributed by atoms with Gasteiger partial charge in [0.1, 0.15) is 0 Å². The van der Waals surface area contributed by atoms with E-state index in [9.17, 15) is 4.79 Å². The number of rotatable bonds is 0. The van der Waals surface area contributed by atoms with Crippen LogP contribution in [0.1, 0.15) is 16.7 Å². The van der Waals surface area contributed by atoms with Crippen molar-refractivity contribution >= 4 is 16.6 Å². The molecule has 0 unspecified atom stereocenters. The van der Waals surface area contributed by atoms with Gasteiger partial charge in [-0.05, 0) is 43.5 Å². The van der Waals surface area contributed by atoms with Crippen molar-refractivity contribution in [2.45, 2.75) is 20.8 Å². The molecule has 3 N–H and O–H groups in total. The zero-order valence-electron chi connectivity index (χ0n) is 9.14. The molecule has 1 aromatic heterocycles. The molecule has 15 heavy (non-hydrogen) atoms. The summed E-state index contributed by atoms with van der Waals surface area (Å²) in [7, 11) is 0. The monoisotopic (exact) mass is 202 g/mol. The highest BCUT2D eigenvalue weighted by Crippen LogP contribution is 2.26. The Hall–Kier alpha value is -1.77. The molecule has 1 heterocycles. The standard InChI is InChI=1S/C12H14N2O/c1-6-5-10(15)14-12-7(2)4-9(13)8(3)11(6)12/h4-5H,13H2,1-3H3,(H,14,15). The second-order valence-electron chi connectivity index (χ2n) is 3.97. The van der Waals surface area contributed by atoms with E-state index in [2.05, 4.69) is 4.98 Å². The molecule has 0 spiro atoms. The van der Waals surface area contributed by atoms with Gasteiger partial charge in [0.25, 0.3) is 0 Å². The van der Waals surface area contributed by atoms with Crippen LogP contribution in [-0.2, 0) is 0 Å². The first-order valence-corrected chi connectivity index (χ1v) is 4.90. The average Bonchev–Trinajstić information content (AvgIpc) is 2.13.